The van der Waals surface area contributed by atoms with Gasteiger partial charge in [-0.2, -0.15) is 0 Å². The highest BCUT2D eigenvalue weighted by Gasteiger charge is 2.22. The van der Waals surface area contributed by atoms with Gasteiger partial charge in [-0.05, 0) is 12.8 Å². The largest absolute Gasteiger partial charge is 0.468 e. The predicted molar refractivity (Wildman–Crippen MR) is 58.3 cm³/mol. The Labute approximate surface area is 95.2 Å². The molecular formula is C8H16ClNO4S. The van der Waals surface area contributed by atoms with E-state index in [-0.39, 0.29) is 17.6 Å². The Morgan fingerprint density at radius 2 is 2.00 bits per heavy atom. The van der Waals surface area contributed by atoms with Crippen LogP contribution in [0.4, 0.5) is 0 Å². The lowest BCUT2D eigenvalue weighted by Gasteiger charge is -2.13. The molecule has 0 aromatic heterocycles. The Balaban J connectivity index is 4.32. The van der Waals surface area contributed by atoms with E-state index in [1.165, 1.54) is 14.0 Å². The van der Waals surface area contributed by atoms with E-state index in [2.05, 4.69) is 9.46 Å². The highest BCUT2D eigenvalue weighted by Crippen LogP contribution is 2.03. The molecule has 0 heterocycles. The second kappa shape index (κ2) is 6.30. The molecule has 0 radical (unpaired) electrons. The second-order valence-corrected chi connectivity index (χ2v) is 5.51. The van der Waals surface area contributed by atoms with Crippen LogP contribution in [0.1, 0.15) is 13.8 Å². The second-order valence-electron chi connectivity index (χ2n) is 3.40. The third-order valence-electron chi connectivity index (χ3n) is 1.68. The molecule has 2 atom stereocenters. The van der Waals surface area contributed by atoms with Gasteiger partial charge < -0.3 is 4.74 Å². The van der Waals surface area contributed by atoms with Crippen molar-refractivity contribution in [3.05, 3.63) is 0 Å². The van der Waals surface area contributed by atoms with Crippen LogP contribution in [-0.2, 0) is 19.6 Å². The summed E-state index contributed by atoms with van der Waals surface area (Å²) in [5.41, 5.74) is 0. The monoisotopic (exact) mass is 257 g/mol. The summed E-state index contributed by atoms with van der Waals surface area (Å²) in [5, 5.41) is 0. The van der Waals surface area contributed by atoms with Crippen molar-refractivity contribution in [1.82, 2.24) is 4.72 Å². The number of halogens is 1. The maximum atomic E-state index is 11.5. The molecule has 2 unspecified atom stereocenters. The van der Waals surface area contributed by atoms with Gasteiger partial charge in [-0.25, -0.2) is 13.1 Å². The number of hydrogen-bond donors (Lipinski definition) is 1. The number of ether oxygens (including phenoxy) is 1. The molecule has 0 saturated carbocycles. The van der Waals surface area contributed by atoms with Crippen LogP contribution in [-0.4, -0.2) is 39.2 Å². The maximum Gasteiger partial charge on any atom is 0.323 e. The van der Waals surface area contributed by atoms with Gasteiger partial charge in [0.05, 0.1) is 12.9 Å². The summed E-state index contributed by atoms with van der Waals surface area (Å²) in [6, 6.07) is -0.873. The molecule has 15 heavy (non-hydrogen) atoms. The summed E-state index contributed by atoms with van der Waals surface area (Å²) in [6.07, 6.45) is 0. The fourth-order valence-electron chi connectivity index (χ4n) is 0.961. The molecule has 0 saturated heterocycles. The summed E-state index contributed by atoms with van der Waals surface area (Å²) in [6.45, 7) is 3.14. The fourth-order valence-corrected chi connectivity index (χ4v) is 2.80. The summed E-state index contributed by atoms with van der Waals surface area (Å²) < 4.78 is 29.5. The Morgan fingerprint density at radius 1 is 1.47 bits per heavy atom. The van der Waals surface area contributed by atoms with E-state index < -0.39 is 22.0 Å². The third kappa shape index (κ3) is 5.96. The number of methoxy groups -OCH3 is 1. The zero-order chi connectivity index (χ0) is 12.1. The van der Waals surface area contributed by atoms with Crippen LogP contribution >= 0.6 is 11.6 Å². The molecule has 5 nitrogen and oxygen atoms in total. The zero-order valence-electron chi connectivity index (χ0n) is 8.99. The highest BCUT2D eigenvalue weighted by molar-refractivity contribution is 7.89. The van der Waals surface area contributed by atoms with Crippen LogP contribution < -0.4 is 4.72 Å². The summed E-state index contributed by atoms with van der Waals surface area (Å²) >= 11 is 5.50. The molecule has 0 fully saturated rings. The first-order chi connectivity index (χ1) is 6.82. The summed E-state index contributed by atoms with van der Waals surface area (Å²) in [7, 11) is -2.28. The molecule has 0 spiro atoms. The first-order valence-corrected chi connectivity index (χ1v) is 6.65. The van der Waals surface area contributed by atoms with E-state index in [9.17, 15) is 13.2 Å². The van der Waals surface area contributed by atoms with Crippen molar-refractivity contribution in [2.45, 2.75) is 19.9 Å². The van der Waals surface area contributed by atoms with E-state index in [0.717, 1.165) is 0 Å². The van der Waals surface area contributed by atoms with Gasteiger partial charge in [0.15, 0.2) is 0 Å². The molecule has 0 rings (SSSR count). The van der Waals surface area contributed by atoms with Crippen molar-refractivity contribution in [1.29, 1.82) is 0 Å². The summed E-state index contributed by atoms with van der Waals surface area (Å²) in [5.74, 6) is -0.614. The first kappa shape index (κ1) is 14.7. The molecule has 0 amide bonds. The number of esters is 1. The molecule has 1 N–H and O–H groups in total. The van der Waals surface area contributed by atoms with Crippen molar-refractivity contribution in [3.8, 4) is 0 Å². The van der Waals surface area contributed by atoms with Gasteiger partial charge in [0.1, 0.15) is 6.04 Å². The number of alkyl halides is 1. The standard InChI is InChI=1S/C8H16ClNO4S/c1-6(4-9)5-15(12,13)10-7(2)8(11)14-3/h6-7,10H,4-5H2,1-3H3. The SMILES string of the molecule is COC(=O)C(C)NS(=O)(=O)CC(C)CCl. The number of rotatable bonds is 6. The topological polar surface area (TPSA) is 72.5 Å². The van der Waals surface area contributed by atoms with Crippen molar-refractivity contribution >= 4 is 27.6 Å². The molecule has 0 aliphatic heterocycles. The van der Waals surface area contributed by atoms with E-state index in [4.69, 9.17) is 11.6 Å². The number of sulfonamides is 1. The quantitative estimate of drug-likeness (QED) is 0.550. The fraction of sp³-hybridized carbons (Fsp3) is 0.875. The molecule has 0 aliphatic rings. The number of hydrogen-bond acceptors (Lipinski definition) is 4. The molecule has 7 heteroatoms. The zero-order valence-corrected chi connectivity index (χ0v) is 10.6. The van der Waals surface area contributed by atoms with Crippen molar-refractivity contribution in [2.24, 2.45) is 5.92 Å². The normalized spacial score (nSPS) is 15.7. The van der Waals surface area contributed by atoms with Crippen molar-refractivity contribution in [2.75, 3.05) is 18.7 Å². The molecule has 90 valence electrons. The third-order valence-corrected chi connectivity index (χ3v) is 3.93. The van der Waals surface area contributed by atoms with Crippen LogP contribution in [0.3, 0.4) is 0 Å². The number of carbonyl (C=O) groups excluding carboxylic acids is 1. The van der Waals surface area contributed by atoms with Crippen LogP contribution in [0.15, 0.2) is 0 Å². The van der Waals surface area contributed by atoms with Gasteiger partial charge in [-0.3, -0.25) is 4.79 Å². The van der Waals surface area contributed by atoms with E-state index in [0.29, 0.717) is 0 Å². The van der Waals surface area contributed by atoms with Crippen molar-refractivity contribution < 1.29 is 17.9 Å². The van der Waals surface area contributed by atoms with E-state index in [1.807, 2.05) is 0 Å². The lowest BCUT2D eigenvalue weighted by Crippen LogP contribution is -2.41. The first-order valence-electron chi connectivity index (χ1n) is 4.46. The van der Waals surface area contributed by atoms with Crippen molar-refractivity contribution in [3.63, 3.8) is 0 Å². The van der Waals surface area contributed by atoms with Gasteiger partial charge in [0.2, 0.25) is 10.0 Å². The lowest BCUT2D eigenvalue weighted by atomic mass is 10.3. The smallest absolute Gasteiger partial charge is 0.323 e. The predicted octanol–water partition coefficient (Wildman–Crippen LogP) is 0.342. The van der Waals surface area contributed by atoms with Gasteiger partial charge in [-0.1, -0.05) is 6.92 Å². The average Bonchev–Trinajstić information content (AvgIpc) is 2.14. The van der Waals surface area contributed by atoms with Crippen LogP contribution in [0, 0.1) is 5.92 Å². The maximum absolute atomic E-state index is 11.5. The van der Waals surface area contributed by atoms with Crippen LogP contribution in [0.5, 0.6) is 0 Å². The van der Waals surface area contributed by atoms with E-state index in [1.54, 1.807) is 6.92 Å². The number of nitrogens with one attached hydrogen (secondary N) is 1. The Bertz CT molecular complexity index is 304. The lowest BCUT2D eigenvalue weighted by molar-refractivity contribution is -0.142. The Hall–Kier alpha value is -0.330. The van der Waals surface area contributed by atoms with E-state index >= 15 is 0 Å². The minimum absolute atomic E-state index is 0.0994. The van der Waals surface area contributed by atoms with Gasteiger partial charge in [-0.15, -0.1) is 11.6 Å². The molecule has 0 aliphatic carbocycles. The van der Waals surface area contributed by atoms with Gasteiger partial charge in [0, 0.05) is 5.88 Å². The highest BCUT2D eigenvalue weighted by atomic mass is 35.5. The molecule has 0 aromatic carbocycles. The van der Waals surface area contributed by atoms with Gasteiger partial charge in [0.25, 0.3) is 0 Å². The number of carbonyl (C=O) groups is 1. The van der Waals surface area contributed by atoms with Gasteiger partial charge >= 0.3 is 5.97 Å². The summed E-state index contributed by atoms with van der Waals surface area (Å²) in [4.78, 5) is 11.0. The average molecular weight is 258 g/mol. The minimum Gasteiger partial charge on any atom is -0.468 e. The Morgan fingerprint density at radius 3 is 2.40 bits per heavy atom. The molecule has 0 bridgehead atoms. The Kier molecular flexibility index (Phi) is 6.16. The molecule has 0 aromatic rings. The minimum atomic E-state index is -3.48. The van der Waals surface area contributed by atoms with Crippen LogP contribution in [0.25, 0.3) is 0 Å². The van der Waals surface area contributed by atoms with Crippen LogP contribution in [0.2, 0.25) is 0 Å². The molecular weight excluding hydrogens is 242 g/mol.